The number of unbranched alkanes of at least 4 members (excludes halogenated alkanes) is 1. The molecule has 0 aromatic heterocycles. The van der Waals surface area contributed by atoms with Gasteiger partial charge in [0.25, 0.3) is 5.91 Å². The Kier molecular flexibility index (Phi) is 4.95. The quantitative estimate of drug-likeness (QED) is 0.693. The van der Waals surface area contributed by atoms with E-state index in [1.807, 2.05) is 18.5 Å². The molecule has 6 nitrogen and oxygen atoms in total. The molecule has 3 amide bonds. The Morgan fingerprint density at radius 1 is 1.29 bits per heavy atom. The van der Waals surface area contributed by atoms with E-state index in [4.69, 9.17) is 0 Å². The van der Waals surface area contributed by atoms with Crippen LogP contribution in [0.1, 0.15) is 31.7 Å². The van der Waals surface area contributed by atoms with Gasteiger partial charge in [-0.1, -0.05) is 13.3 Å². The second kappa shape index (κ2) is 7.15. The summed E-state index contributed by atoms with van der Waals surface area (Å²) in [5, 5.41) is 4.68. The summed E-state index contributed by atoms with van der Waals surface area (Å²) < 4.78 is 14.1. The minimum absolute atomic E-state index is 0.180. The summed E-state index contributed by atoms with van der Waals surface area (Å²) in [7, 11) is 0. The van der Waals surface area contributed by atoms with Crippen LogP contribution in [0.3, 0.4) is 0 Å². The van der Waals surface area contributed by atoms with Crippen LogP contribution in [-0.4, -0.2) is 47.2 Å². The summed E-state index contributed by atoms with van der Waals surface area (Å²) in [4.78, 5) is 41.0. The summed E-state index contributed by atoms with van der Waals surface area (Å²) in [6, 6.07) is 3.99. The molecule has 3 aliphatic heterocycles. The third kappa shape index (κ3) is 2.61. The van der Waals surface area contributed by atoms with Gasteiger partial charge in [-0.3, -0.25) is 19.3 Å². The molecule has 0 bridgehead atoms. The van der Waals surface area contributed by atoms with Gasteiger partial charge < -0.3 is 10.6 Å². The zero-order valence-corrected chi connectivity index (χ0v) is 16.9. The van der Waals surface area contributed by atoms with Crippen LogP contribution in [0.5, 0.6) is 0 Å². The monoisotopic (exact) mass is 406 g/mol. The number of fused-ring (bicyclic) bond motifs is 4. The molecule has 4 atom stereocenters. The van der Waals surface area contributed by atoms with Gasteiger partial charge in [0.05, 0.1) is 5.69 Å². The fraction of sp³-hybridized carbons (Fsp3) is 0.550. The zero-order valence-electron chi connectivity index (χ0n) is 16.0. The molecule has 0 unspecified atom stereocenters. The minimum Gasteiger partial charge on any atom is -0.326 e. The number of carbonyl (C=O) groups is 3. The smallest absolute Gasteiger partial charge is 0.291 e. The Labute approximate surface area is 167 Å². The van der Waals surface area contributed by atoms with Gasteiger partial charge in [-0.2, -0.15) is 11.8 Å². The first-order chi connectivity index (χ1) is 13.5. The number of hydrogen-bond donors (Lipinski definition) is 2. The molecular weight excluding hydrogens is 381 g/mol. The highest BCUT2D eigenvalue weighted by atomic mass is 32.2. The number of hydrogen-bond acceptors (Lipinski definition) is 4. The number of quaternary nitrogens is 1. The average Bonchev–Trinajstić information content (AvgIpc) is 3.24. The van der Waals surface area contributed by atoms with Gasteiger partial charge in [0.1, 0.15) is 23.7 Å². The number of nitrogens with one attached hydrogen (secondary N) is 1. The number of thioether (sulfide) groups is 1. The van der Waals surface area contributed by atoms with Crippen molar-refractivity contribution in [2.75, 3.05) is 23.9 Å². The van der Waals surface area contributed by atoms with Gasteiger partial charge in [-0.25, -0.2) is 4.39 Å². The lowest BCUT2D eigenvalue weighted by atomic mass is 9.76. The molecule has 1 aromatic rings. The lowest BCUT2D eigenvalue weighted by Crippen LogP contribution is -2.99. The van der Waals surface area contributed by atoms with Crippen molar-refractivity contribution in [1.82, 2.24) is 4.90 Å². The van der Waals surface area contributed by atoms with Gasteiger partial charge >= 0.3 is 0 Å². The van der Waals surface area contributed by atoms with E-state index in [2.05, 4.69) is 5.32 Å². The van der Waals surface area contributed by atoms with E-state index < -0.39 is 23.2 Å². The number of imide groups is 1. The van der Waals surface area contributed by atoms with Crippen LogP contribution in [0, 0.1) is 17.7 Å². The van der Waals surface area contributed by atoms with E-state index in [-0.39, 0.29) is 23.8 Å². The summed E-state index contributed by atoms with van der Waals surface area (Å²) >= 11 is 1.67. The second-order valence-corrected chi connectivity index (χ2v) is 8.80. The lowest BCUT2D eigenvalue weighted by Gasteiger charge is -2.26. The molecular formula is C20H25FN3O3S+. The molecule has 3 heterocycles. The molecule has 4 rings (SSSR count). The van der Waals surface area contributed by atoms with Gasteiger partial charge in [-0.05, 0) is 36.6 Å². The van der Waals surface area contributed by atoms with Crippen LogP contribution in [0.2, 0.25) is 0 Å². The van der Waals surface area contributed by atoms with Crippen molar-refractivity contribution in [3.8, 4) is 0 Å². The zero-order chi connectivity index (χ0) is 20.1. The number of nitrogens with two attached hydrogens (primary N) is 1. The molecule has 8 heteroatoms. The van der Waals surface area contributed by atoms with Crippen molar-refractivity contribution < 1.29 is 24.1 Å². The number of benzene rings is 1. The molecule has 1 spiro atoms. The van der Waals surface area contributed by atoms with Gasteiger partial charge in [0.15, 0.2) is 0 Å². The Hall–Kier alpha value is -1.93. The molecule has 150 valence electrons. The van der Waals surface area contributed by atoms with Crippen LogP contribution in [-0.2, 0) is 19.9 Å². The maximum atomic E-state index is 14.1. The van der Waals surface area contributed by atoms with Crippen molar-refractivity contribution in [3.63, 3.8) is 0 Å². The normalized spacial score (nSPS) is 30.9. The van der Waals surface area contributed by atoms with E-state index in [1.54, 1.807) is 11.8 Å². The highest BCUT2D eigenvalue weighted by Gasteiger charge is 2.73. The van der Waals surface area contributed by atoms with E-state index in [0.717, 1.165) is 18.6 Å². The largest absolute Gasteiger partial charge is 0.326 e. The predicted octanol–water partition coefficient (Wildman–Crippen LogP) is 1.07. The van der Waals surface area contributed by atoms with Crippen molar-refractivity contribution in [1.29, 1.82) is 0 Å². The topological polar surface area (TPSA) is 83.1 Å². The Morgan fingerprint density at radius 3 is 2.79 bits per heavy atom. The molecule has 0 aliphatic carbocycles. The number of halogens is 1. The lowest BCUT2D eigenvalue weighted by molar-refractivity contribution is -0.733. The molecule has 3 N–H and O–H groups in total. The number of amides is 3. The van der Waals surface area contributed by atoms with Crippen molar-refractivity contribution in [2.45, 2.75) is 37.8 Å². The van der Waals surface area contributed by atoms with Crippen molar-refractivity contribution in [2.24, 2.45) is 11.8 Å². The van der Waals surface area contributed by atoms with Gasteiger partial charge in [0.2, 0.25) is 17.4 Å². The second-order valence-electron chi connectivity index (χ2n) is 7.81. The van der Waals surface area contributed by atoms with Crippen LogP contribution in [0.4, 0.5) is 10.1 Å². The molecule has 0 saturated carbocycles. The number of carbonyl (C=O) groups excluding carboxylic acids is 3. The van der Waals surface area contributed by atoms with Crippen LogP contribution >= 0.6 is 11.8 Å². The molecule has 28 heavy (non-hydrogen) atoms. The number of rotatable bonds is 6. The Bertz CT molecular complexity index is 848. The molecule has 0 radical (unpaired) electrons. The standard InChI is InChI=1S/C20H24FN3O3S/c1-3-4-8-24-17(25)15-14(7-9-28-2)23-20(16(15)18(24)26)12-10-11(21)5-6-13(12)22-19(20)27/h5-6,10,14-16,23H,3-4,7-9H2,1-2H3,(H,22,27)/p+1/t14-,15+,16-,20-/m0/s1. The van der Waals surface area contributed by atoms with Crippen LogP contribution in [0.15, 0.2) is 18.2 Å². The van der Waals surface area contributed by atoms with E-state index in [0.29, 0.717) is 24.2 Å². The third-order valence-electron chi connectivity index (χ3n) is 6.31. The average molecular weight is 407 g/mol. The fourth-order valence-corrected chi connectivity index (χ4v) is 5.56. The van der Waals surface area contributed by atoms with Crippen molar-refractivity contribution in [3.05, 3.63) is 29.6 Å². The summed E-state index contributed by atoms with van der Waals surface area (Å²) in [6.07, 6.45) is 4.31. The Morgan fingerprint density at radius 2 is 2.07 bits per heavy atom. The predicted molar refractivity (Wildman–Crippen MR) is 104 cm³/mol. The SMILES string of the molecule is CCCCN1C(=O)[C@@H]2[C@H](CCSC)[NH2+][C@]3(C(=O)Nc4ccc(F)cc43)[C@@H]2C1=O. The highest BCUT2D eigenvalue weighted by Crippen LogP contribution is 2.49. The number of anilines is 1. The minimum atomic E-state index is -1.26. The van der Waals surface area contributed by atoms with E-state index >= 15 is 0 Å². The van der Waals surface area contributed by atoms with Crippen LogP contribution < -0.4 is 10.6 Å². The first kappa shape index (κ1) is 19.4. The van der Waals surface area contributed by atoms with Gasteiger partial charge in [0, 0.05) is 18.5 Å². The van der Waals surface area contributed by atoms with Crippen molar-refractivity contribution >= 4 is 35.2 Å². The summed E-state index contributed by atoms with van der Waals surface area (Å²) in [5.74, 6) is -1.75. The first-order valence-electron chi connectivity index (χ1n) is 9.77. The third-order valence-corrected chi connectivity index (χ3v) is 6.96. The molecule has 2 fully saturated rings. The molecule has 2 saturated heterocycles. The van der Waals surface area contributed by atoms with Gasteiger partial charge in [-0.15, -0.1) is 0 Å². The first-order valence-corrected chi connectivity index (χ1v) is 11.2. The number of nitrogens with zero attached hydrogens (tertiary/aromatic N) is 1. The highest BCUT2D eigenvalue weighted by molar-refractivity contribution is 7.98. The fourth-order valence-electron chi connectivity index (χ4n) is 5.05. The van der Waals surface area contributed by atoms with E-state index in [9.17, 15) is 18.8 Å². The molecule has 1 aromatic carbocycles. The summed E-state index contributed by atoms with van der Waals surface area (Å²) in [5.41, 5.74) is -0.254. The summed E-state index contributed by atoms with van der Waals surface area (Å²) in [6.45, 7) is 2.38. The Balaban J connectivity index is 1.81. The maximum Gasteiger partial charge on any atom is 0.291 e. The molecule has 3 aliphatic rings. The van der Waals surface area contributed by atoms with Crippen LogP contribution in [0.25, 0.3) is 0 Å². The number of likely N-dealkylation sites (tertiary alicyclic amines) is 1. The maximum absolute atomic E-state index is 14.1. The van der Waals surface area contributed by atoms with E-state index in [1.165, 1.54) is 23.1 Å².